The van der Waals surface area contributed by atoms with Crippen LogP contribution in [0, 0.1) is 0 Å². The summed E-state index contributed by atoms with van der Waals surface area (Å²) in [4.78, 5) is 11.3. The molecule has 1 aliphatic rings. The molecular formula is C26H32O3. The number of esters is 1. The molecule has 2 aromatic carbocycles. The molecule has 0 heterocycles. The highest BCUT2D eigenvalue weighted by Gasteiger charge is 2.15. The Bertz CT molecular complexity index is 801. The fourth-order valence-corrected chi connectivity index (χ4v) is 4.26. The first-order valence-electron chi connectivity index (χ1n) is 10.8. The van der Waals surface area contributed by atoms with Crippen molar-refractivity contribution in [1.29, 1.82) is 0 Å². The second kappa shape index (κ2) is 11.0. The maximum Gasteiger partial charge on any atom is 0.330 e. The first-order valence-corrected chi connectivity index (χ1v) is 10.8. The summed E-state index contributed by atoms with van der Waals surface area (Å²) in [5.74, 6) is 0.324. The lowest BCUT2D eigenvalue weighted by atomic mass is 9.83. The second-order valence-corrected chi connectivity index (χ2v) is 7.89. The topological polar surface area (TPSA) is 46.5 Å². The Labute approximate surface area is 174 Å². The summed E-state index contributed by atoms with van der Waals surface area (Å²) in [6, 6.07) is 15.5. The Hall–Kier alpha value is -2.39. The van der Waals surface area contributed by atoms with Gasteiger partial charge in [-0.05, 0) is 59.4 Å². The molecule has 0 spiro atoms. The number of aryl methyl sites for hydroxylation is 1. The van der Waals surface area contributed by atoms with Gasteiger partial charge < -0.3 is 9.84 Å². The van der Waals surface area contributed by atoms with Crippen LogP contribution >= 0.6 is 0 Å². The molecular weight excluding hydrogens is 360 g/mol. The van der Waals surface area contributed by atoms with Crippen molar-refractivity contribution in [3.63, 3.8) is 0 Å². The van der Waals surface area contributed by atoms with Gasteiger partial charge in [0.15, 0.2) is 0 Å². The van der Waals surface area contributed by atoms with Gasteiger partial charge in [-0.1, -0.05) is 68.3 Å². The number of rotatable bonds is 9. The Balaban J connectivity index is 1.76. The van der Waals surface area contributed by atoms with Crippen LogP contribution in [0.3, 0.4) is 0 Å². The van der Waals surface area contributed by atoms with E-state index in [0.29, 0.717) is 18.9 Å². The van der Waals surface area contributed by atoms with Gasteiger partial charge in [0.1, 0.15) is 0 Å². The van der Waals surface area contributed by atoms with Crippen molar-refractivity contribution < 1.29 is 14.6 Å². The molecule has 1 N–H and O–H groups in total. The molecule has 154 valence electrons. The highest BCUT2D eigenvalue weighted by Crippen LogP contribution is 2.34. The average Bonchev–Trinajstić information content (AvgIpc) is 2.78. The van der Waals surface area contributed by atoms with Gasteiger partial charge in [-0.15, -0.1) is 0 Å². The van der Waals surface area contributed by atoms with Gasteiger partial charge in [-0.25, -0.2) is 4.79 Å². The standard InChI is InChI=1S/C26H32O3/c1-2-26(28)29-18-16-25-19-24(15-14-21(25)9-6-17-27)23-12-10-22(11-13-23)20-7-4-3-5-8-20/h2,10-15,19-20,27H,1,3-9,16-18H2. The summed E-state index contributed by atoms with van der Waals surface area (Å²) >= 11 is 0. The van der Waals surface area contributed by atoms with Gasteiger partial charge >= 0.3 is 5.97 Å². The van der Waals surface area contributed by atoms with Gasteiger partial charge in [-0.2, -0.15) is 0 Å². The van der Waals surface area contributed by atoms with E-state index >= 15 is 0 Å². The van der Waals surface area contributed by atoms with Gasteiger partial charge in [0.05, 0.1) is 6.61 Å². The molecule has 0 aliphatic heterocycles. The van der Waals surface area contributed by atoms with Crippen molar-refractivity contribution in [2.75, 3.05) is 13.2 Å². The normalized spacial score (nSPS) is 14.5. The number of carbonyl (C=O) groups excluding carboxylic acids is 1. The summed E-state index contributed by atoms with van der Waals surface area (Å²) in [5.41, 5.74) is 6.23. The summed E-state index contributed by atoms with van der Waals surface area (Å²) in [5, 5.41) is 9.18. The Morgan fingerprint density at radius 1 is 1.00 bits per heavy atom. The molecule has 3 heteroatoms. The number of hydrogen-bond acceptors (Lipinski definition) is 3. The van der Waals surface area contributed by atoms with E-state index in [9.17, 15) is 9.90 Å². The Kier molecular flexibility index (Phi) is 8.06. The number of hydrogen-bond donors (Lipinski definition) is 1. The minimum atomic E-state index is -0.392. The lowest BCUT2D eigenvalue weighted by Gasteiger charge is -2.22. The molecule has 3 rings (SSSR count). The third kappa shape index (κ3) is 6.04. The van der Waals surface area contributed by atoms with Gasteiger partial charge in [0.2, 0.25) is 0 Å². The predicted octanol–water partition coefficient (Wildman–Crippen LogP) is 5.60. The molecule has 0 saturated heterocycles. The fraction of sp³-hybridized carbons (Fsp3) is 0.423. The molecule has 0 unspecified atom stereocenters. The number of aliphatic hydroxyl groups is 1. The van der Waals surface area contributed by atoms with Crippen LogP contribution in [-0.4, -0.2) is 24.3 Å². The van der Waals surface area contributed by atoms with Gasteiger partial charge in [0, 0.05) is 19.1 Å². The highest BCUT2D eigenvalue weighted by molar-refractivity contribution is 5.81. The minimum absolute atomic E-state index is 0.176. The quantitative estimate of drug-likeness (QED) is 0.446. The monoisotopic (exact) mass is 392 g/mol. The molecule has 29 heavy (non-hydrogen) atoms. The Morgan fingerprint density at radius 3 is 2.41 bits per heavy atom. The van der Waals surface area contributed by atoms with E-state index < -0.39 is 5.97 Å². The van der Waals surface area contributed by atoms with E-state index in [-0.39, 0.29) is 6.61 Å². The first kappa shape index (κ1) is 21.3. The molecule has 0 atom stereocenters. The zero-order valence-electron chi connectivity index (χ0n) is 17.2. The third-order valence-corrected chi connectivity index (χ3v) is 5.91. The lowest BCUT2D eigenvalue weighted by molar-refractivity contribution is -0.137. The van der Waals surface area contributed by atoms with Crippen LogP contribution in [0.5, 0.6) is 0 Å². The van der Waals surface area contributed by atoms with E-state index in [0.717, 1.165) is 12.8 Å². The number of benzene rings is 2. The smallest absolute Gasteiger partial charge is 0.330 e. The van der Waals surface area contributed by atoms with E-state index in [1.807, 2.05) is 0 Å². The van der Waals surface area contributed by atoms with Gasteiger partial charge in [0.25, 0.3) is 0 Å². The molecule has 0 aromatic heterocycles. The summed E-state index contributed by atoms with van der Waals surface area (Å²) in [7, 11) is 0. The van der Waals surface area contributed by atoms with Crippen molar-refractivity contribution in [3.8, 4) is 11.1 Å². The maximum atomic E-state index is 11.3. The van der Waals surface area contributed by atoms with Crippen molar-refractivity contribution in [2.45, 2.75) is 57.3 Å². The molecule has 3 nitrogen and oxygen atoms in total. The maximum absolute atomic E-state index is 11.3. The van der Waals surface area contributed by atoms with Gasteiger partial charge in [-0.3, -0.25) is 0 Å². The van der Waals surface area contributed by atoms with E-state index in [2.05, 4.69) is 49.0 Å². The highest BCUT2D eigenvalue weighted by atomic mass is 16.5. The van der Waals surface area contributed by atoms with E-state index in [1.165, 1.54) is 66.0 Å². The van der Waals surface area contributed by atoms with Crippen molar-refractivity contribution in [3.05, 3.63) is 71.8 Å². The van der Waals surface area contributed by atoms with Crippen LogP contribution in [-0.2, 0) is 22.4 Å². The molecule has 2 aromatic rings. The molecule has 1 fully saturated rings. The SMILES string of the molecule is C=CC(=O)OCCc1cc(-c2ccc(C3CCCCC3)cc2)ccc1CCCO. The Morgan fingerprint density at radius 2 is 1.72 bits per heavy atom. The summed E-state index contributed by atoms with van der Waals surface area (Å²) in [6.07, 6.45) is 10.1. The first-order chi connectivity index (χ1) is 14.2. The van der Waals surface area contributed by atoms with Crippen LogP contribution in [0.25, 0.3) is 11.1 Å². The fourth-order valence-electron chi connectivity index (χ4n) is 4.26. The summed E-state index contributed by atoms with van der Waals surface area (Å²) in [6.45, 7) is 3.95. The van der Waals surface area contributed by atoms with Crippen molar-refractivity contribution >= 4 is 5.97 Å². The molecule has 1 aliphatic carbocycles. The van der Waals surface area contributed by atoms with E-state index in [1.54, 1.807) is 0 Å². The lowest BCUT2D eigenvalue weighted by Crippen LogP contribution is -2.06. The zero-order valence-corrected chi connectivity index (χ0v) is 17.2. The molecule has 1 saturated carbocycles. The summed E-state index contributed by atoms with van der Waals surface area (Å²) < 4.78 is 5.18. The zero-order chi connectivity index (χ0) is 20.5. The van der Waals surface area contributed by atoms with Crippen LogP contribution in [0.1, 0.15) is 61.1 Å². The van der Waals surface area contributed by atoms with Crippen LogP contribution < -0.4 is 0 Å². The number of aliphatic hydroxyl groups excluding tert-OH is 1. The predicted molar refractivity (Wildman–Crippen MR) is 118 cm³/mol. The molecule has 0 radical (unpaired) electrons. The second-order valence-electron chi connectivity index (χ2n) is 7.89. The number of carbonyl (C=O) groups is 1. The minimum Gasteiger partial charge on any atom is -0.462 e. The van der Waals surface area contributed by atoms with Crippen molar-refractivity contribution in [1.82, 2.24) is 0 Å². The van der Waals surface area contributed by atoms with Crippen molar-refractivity contribution in [2.24, 2.45) is 0 Å². The van der Waals surface area contributed by atoms with E-state index in [4.69, 9.17) is 4.74 Å². The average molecular weight is 393 g/mol. The largest absolute Gasteiger partial charge is 0.462 e. The van der Waals surface area contributed by atoms with Crippen LogP contribution in [0.2, 0.25) is 0 Å². The number of ether oxygens (including phenoxy) is 1. The third-order valence-electron chi connectivity index (χ3n) is 5.91. The molecule has 0 bridgehead atoms. The van der Waals surface area contributed by atoms with Crippen LogP contribution in [0.15, 0.2) is 55.1 Å². The molecule has 0 amide bonds. The van der Waals surface area contributed by atoms with Crippen LogP contribution in [0.4, 0.5) is 0 Å².